The molecule has 4 heteroatoms. The predicted octanol–water partition coefficient (Wildman–Crippen LogP) is 2.21. The molecular weight excluding hydrogens is 212 g/mol. The first-order valence-electron chi connectivity index (χ1n) is 6.26. The predicted molar refractivity (Wildman–Crippen MR) is 73.5 cm³/mol. The molecular formula is C13H26N4. The third kappa shape index (κ3) is 4.38. The maximum absolute atomic E-state index is 4.50. The van der Waals surface area contributed by atoms with Crippen molar-refractivity contribution in [3.63, 3.8) is 0 Å². The summed E-state index contributed by atoms with van der Waals surface area (Å²) >= 11 is 0. The van der Waals surface area contributed by atoms with Crippen LogP contribution in [0.5, 0.6) is 0 Å². The fourth-order valence-electron chi connectivity index (χ4n) is 2.33. The first-order valence-corrected chi connectivity index (χ1v) is 6.26. The van der Waals surface area contributed by atoms with Crippen LogP contribution in [0.25, 0.3) is 0 Å². The van der Waals surface area contributed by atoms with Gasteiger partial charge in [-0.2, -0.15) is 0 Å². The van der Waals surface area contributed by atoms with Crippen molar-refractivity contribution >= 4 is 5.95 Å². The standard InChI is InChI=1S/C13H26N4/c1-7-14-12-15-11(2)8-17(12)10-13(3,4)9-16(5)6/h8H,7,9-10H2,1-6H3,(H,14,15). The fourth-order valence-corrected chi connectivity index (χ4v) is 2.33. The summed E-state index contributed by atoms with van der Waals surface area (Å²) in [6.07, 6.45) is 2.12. The van der Waals surface area contributed by atoms with Crippen LogP contribution in [0.3, 0.4) is 0 Å². The lowest BCUT2D eigenvalue weighted by Gasteiger charge is -2.29. The highest BCUT2D eigenvalue weighted by Gasteiger charge is 2.21. The molecule has 0 unspecified atom stereocenters. The molecule has 0 fully saturated rings. The second-order valence-corrected chi connectivity index (χ2v) is 5.77. The largest absolute Gasteiger partial charge is 0.356 e. The second-order valence-electron chi connectivity index (χ2n) is 5.77. The van der Waals surface area contributed by atoms with Gasteiger partial charge in [-0.1, -0.05) is 13.8 Å². The van der Waals surface area contributed by atoms with E-state index in [1.54, 1.807) is 0 Å². The summed E-state index contributed by atoms with van der Waals surface area (Å²) in [6, 6.07) is 0. The minimum Gasteiger partial charge on any atom is -0.356 e. The zero-order valence-corrected chi connectivity index (χ0v) is 12.0. The van der Waals surface area contributed by atoms with Gasteiger partial charge in [0.15, 0.2) is 0 Å². The summed E-state index contributed by atoms with van der Waals surface area (Å²) in [7, 11) is 4.23. The first-order chi connectivity index (χ1) is 7.84. The lowest BCUT2D eigenvalue weighted by molar-refractivity contribution is 0.212. The van der Waals surface area contributed by atoms with E-state index in [1.165, 1.54) is 0 Å². The average molecular weight is 238 g/mol. The van der Waals surface area contributed by atoms with Gasteiger partial charge >= 0.3 is 0 Å². The SMILES string of the molecule is CCNc1nc(C)cn1CC(C)(C)CN(C)C. The zero-order valence-electron chi connectivity index (χ0n) is 12.0. The van der Waals surface area contributed by atoms with Gasteiger partial charge in [0.1, 0.15) is 0 Å². The Labute approximate surface area is 105 Å². The lowest BCUT2D eigenvalue weighted by Crippen LogP contribution is -2.32. The van der Waals surface area contributed by atoms with Crippen LogP contribution < -0.4 is 5.32 Å². The van der Waals surface area contributed by atoms with Crippen molar-refractivity contribution in [2.24, 2.45) is 5.41 Å². The van der Waals surface area contributed by atoms with Crippen molar-refractivity contribution in [1.29, 1.82) is 0 Å². The van der Waals surface area contributed by atoms with Crippen LogP contribution in [0.4, 0.5) is 5.95 Å². The Morgan fingerprint density at radius 2 is 2.06 bits per heavy atom. The number of rotatable bonds is 6. The molecule has 1 aromatic heterocycles. The molecule has 0 aromatic carbocycles. The Hall–Kier alpha value is -1.03. The van der Waals surface area contributed by atoms with E-state index >= 15 is 0 Å². The monoisotopic (exact) mass is 238 g/mol. The third-order valence-corrected chi connectivity index (χ3v) is 2.57. The normalized spacial score (nSPS) is 12.2. The summed E-state index contributed by atoms with van der Waals surface area (Å²) in [5.41, 5.74) is 1.31. The molecule has 0 saturated heterocycles. The van der Waals surface area contributed by atoms with E-state index in [0.717, 1.165) is 31.3 Å². The summed E-state index contributed by atoms with van der Waals surface area (Å²) in [5, 5.41) is 3.31. The highest BCUT2D eigenvalue weighted by atomic mass is 15.2. The van der Waals surface area contributed by atoms with E-state index < -0.39 is 0 Å². The van der Waals surface area contributed by atoms with Gasteiger partial charge in [0.05, 0.1) is 5.69 Å². The van der Waals surface area contributed by atoms with Gasteiger partial charge in [0.2, 0.25) is 5.95 Å². The minimum atomic E-state index is 0.237. The number of hydrogen-bond acceptors (Lipinski definition) is 3. The van der Waals surface area contributed by atoms with Crippen LogP contribution in [0, 0.1) is 12.3 Å². The quantitative estimate of drug-likeness (QED) is 0.825. The topological polar surface area (TPSA) is 33.1 Å². The Kier molecular flexibility index (Phi) is 4.57. The van der Waals surface area contributed by atoms with Crippen LogP contribution in [0.1, 0.15) is 26.5 Å². The molecule has 1 rings (SSSR count). The summed E-state index contributed by atoms with van der Waals surface area (Å²) < 4.78 is 2.22. The third-order valence-electron chi connectivity index (χ3n) is 2.57. The van der Waals surface area contributed by atoms with Gasteiger partial charge in [0.25, 0.3) is 0 Å². The molecule has 0 aliphatic heterocycles. The minimum absolute atomic E-state index is 0.237. The fraction of sp³-hybridized carbons (Fsp3) is 0.769. The van der Waals surface area contributed by atoms with E-state index in [-0.39, 0.29) is 5.41 Å². The Bertz CT molecular complexity index is 352. The smallest absolute Gasteiger partial charge is 0.203 e. The van der Waals surface area contributed by atoms with Gasteiger partial charge in [-0.25, -0.2) is 4.98 Å². The number of hydrogen-bond donors (Lipinski definition) is 1. The van der Waals surface area contributed by atoms with Gasteiger partial charge in [0, 0.05) is 25.8 Å². The van der Waals surface area contributed by atoms with Gasteiger partial charge in [-0.3, -0.25) is 0 Å². The van der Waals surface area contributed by atoms with Crippen molar-refractivity contribution < 1.29 is 0 Å². The molecule has 0 radical (unpaired) electrons. The first kappa shape index (κ1) is 14.0. The Balaban J connectivity index is 2.79. The summed E-state index contributed by atoms with van der Waals surface area (Å²) in [4.78, 5) is 6.73. The highest BCUT2D eigenvalue weighted by Crippen LogP contribution is 2.21. The molecule has 0 amide bonds. The van der Waals surface area contributed by atoms with Crippen LogP contribution in [-0.4, -0.2) is 41.6 Å². The van der Waals surface area contributed by atoms with E-state index in [4.69, 9.17) is 0 Å². The number of imidazole rings is 1. The average Bonchev–Trinajstić information content (AvgIpc) is 2.43. The lowest BCUT2D eigenvalue weighted by atomic mass is 9.93. The van der Waals surface area contributed by atoms with Gasteiger partial charge in [-0.05, 0) is 33.4 Å². The Morgan fingerprint density at radius 1 is 1.41 bits per heavy atom. The molecule has 1 N–H and O–H groups in total. The van der Waals surface area contributed by atoms with Gasteiger partial charge in [-0.15, -0.1) is 0 Å². The van der Waals surface area contributed by atoms with Crippen molar-refractivity contribution in [1.82, 2.24) is 14.5 Å². The molecule has 0 aliphatic rings. The van der Waals surface area contributed by atoms with E-state index in [1.807, 2.05) is 6.92 Å². The van der Waals surface area contributed by atoms with E-state index in [0.29, 0.717) is 0 Å². The molecule has 1 aromatic rings. The van der Waals surface area contributed by atoms with Crippen LogP contribution in [-0.2, 0) is 6.54 Å². The number of anilines is 1. The highest BCUT2D eigenvalue weighted by molar-refractivity contribution is 5.28. The molecule has 0 aliphatic carbocycles. The molecule has 4 nitrogen and oxygen atoms in total. The number of nitrogens with one attached hydrogen (secondary N) is 1. The molecule has 17 heavy (non-hydrogen) atoms. The van der Waals surface area contributed by atoms with Crippen molar-refractivity contribution in [2.45, 2.75) is 34.2 Å². The molecule has 0 atom stereocenters. The van der Waals surface area contributed by atoms with Crippen LogP contribution >= 0.6 is 0 Å². The number of aromatic nitrogens is 2. The van der Waals surface area contributed by atoms with Crippen molar-refractivity contribution in [3.05, 3.63) is 11.9 Å². The summed E-state index contributed by atoms with van der Waals surface area (Å²) in [6.45, 7) is 11.7. The number of nitrogens with zero attached hydrogens (tertiary/aromatic N) is 3. The molecule has 1 heterocycles. The number of aryl methyl sites for hydroxylation is 1. The van der Waals surface area contributed by atoms with Crippen molar-refractivity contribution in [3.8, 4) is 0 Å². The van der Waals surface area contributed by atoms with Gasteiger partial charge < -0.3 is 14.8 Å². The van der Waals surface area contributed by atoms with Crippen LogP contribution in [0.15, 0.2) is 6.20 Å². The molecule has 0 saturated carbocycles. The van der Waals surface area contributed by atoms with Crippen molar-refractivity contribution in [2.75, 3.05) is 32.5 Å². The maximum atomic E-state index is 4.50. The van der Waals surface area contributed by atoms with E-state index in [9.17, 15) is 0 Å². The molecule has 0 bridgehead atoms. The molecule has 0 spiro atoms. The maximum Gasteiger partial charge on any atom is 0.203 e. The molecule has 98 valence electrons. The second kappa shape index (κ2) is 5.54. The van der Waals surface area contributed by atoms with E-state index in [2.05, 4.69) is 60.8 Å². The Morgan fingerprint density at radius 3 is 2.59 bits per heavy atom. The summed E-state index contributed by atoms with van der Waals surface area (Å²) in [5.74, 6) is 0.983. The van der Waals surface area contributed by atoms with Crippen LogP contribution in [0.2, 0.25) is 0 Å². The zero-order chi connectivity index (χ0) is 13.1.